The molecule has 0 heterocycles. The number of rotatable bonds is 4. The van der Waals surface area contributed by atoms with E-state index in [4.69, 9.17) is 5.73 Å². The molecule has 0 aliphatic rings. The molecular formula is C11H13BrClF2NO3. The number of ether oxygens (including phenoxy) is 1. The van der Waals surface area contributed by atoms with E-state index < -0.39 is 29.7 Å². The van der Waals surface area contributed by atoms with E-state index in [0.29, 0.717) is 0 Å². The van der Waals surface area contributed by atoms with Gasteiger partial charge in [-0.15, -0.1) is 12.4 Å². The summed E-state index contributed by atoms with van der Waals surface area (Å²) < 4.78 is 31.6. The number of carbonyl (C=O) groups excluding carboxylic acids is 1. The van der Waals surface area contributed by atoms with E-state index in [0.717, 1.165) is 6.07 Å². The first kappa shape index (κ1) is 18.1. The molecule has 1 aromatic rings. The average Bonchev–Trinajstić information content (AvgIpc) is 2.32. The maximum Gasteiger partial charge on any atom is 0.342 e. The lowest BCUT2D eigenvalue weighted by Gasteiger charge is -2.17. The Morgan fingerprint density at radius 2 is 2.16 bits per heavy atom. The van der Waals surface area contributed by atoms with Crippen molar-refractivity contribution in [2.24, 2.45) is 5.73 Å². The fraction of sp³-hybridized carbons (Fsp3) is 0.364. The van der Waals surface area contributed by atoms with Crippen LogP contribution in [0.5, 0.6) is 5.75 Å². The van der Waals surface area contributed by atoms with Crippen LogP contribution in [-0.4, -0.2) is 23.9 Å². The lowest BCUT2D eigenvalue weighted by Crippen LogP contribution is -2.31. The number of phenols is 1. The van der Waals surface area contributed by atoms with Crippen molar-refractivity contribution >= 4 is 34.3 Å². The van der Waals surface area contributed by atoms with Crippen molar-refractivity contribution in [1.29, 1.82) is 0 Å². The molecule has 1 rings (SSSR count). The summed E-state index contributed by atoms with van der Waals surface area (Å²) in [5.74, 6) is -2.88. The summed E-state index contributed by atoms with van der Waals surface area (Å²) >= 11 is 2.99. The Labute approximate surface area is 123 Å². The summed E-state index contributed by atoms with van der Waals surface area (Å²) in [6.45, 7) is 1.52. The monoisotopic (exact) mass is 359 g/mol. The molecule has 0 saturated heterocycles. The zero-order valence-electron chi connectivity index (χ0n) is 9.90. The number of halogens is 4. The molecule has 8 heteroatoms. The van der Waals surface area contributed by atoms with Crippen molar-refractivity contribution < 1.29 is 23.4 Å². The molecule has 0 bridgehead atoms. The topological polar surface area (TPSA) is 72.5 Å². The smallest absolute Gasteiger partial charge is 0.342 e. The van der Waals surface area contributed by atoms with Crippen LogP contribution in [0.2, 0.25) is 0 Å². The molecule has 2 atom stereocenters. The molecule has 0 aromatic heterocycles. The Bertz CT molecular complexity index is 462. The minimum Gasteiger partial charge on any atom is -0.505 e. The van der Waals surface area contributed by atoms with Crippen LogP contribution >= 0.6 is 28.3 Å². The maximum absolute atomic E-state index is 13.7. The lowest BCUT2D eigenvalue weighted by atomic mass is 10.0. The molecule has 0 amide bonds. The van der Waals surface area contributed by atoms with E-state index in [1.165, 1.54) is 13.0 Å². The number of nitrogens with two attached hydrogens (primary N) is 1. The van der Waals surface area contributed by atoms with Crippen molar-refractivity contribution in [2.75, 3.05) is 6.61 Å². The largest absolute Gasteiger partial charge is 0.505 e. The summed E-state index contributed by atoms with van der Waals surface area (Å²) in [5, 5.41) is 9.46. The van der Waals surface area contributed by atoms with Crippen LogP contribution in [0.1, 0.15) is 18.5 Å². The minimum atomic E-state index is -2.18. The summed E-state index contributed by atoms with van der Waals surface area (Å²) in [6.07, 6.45) is -2.18. The molecule has 0 aliphatic carbocycles. The van der Waals surface area contributed by atoms with Crippen molar-refractivity contribution in [3.05, 3.63) is 28.0 Å². The van der Waals surface area contributed by atoms with Gasteiger partial charge in [0.25, 0.3) is 0 Å². The van der Waals surface area contributed by atoms with E-state index in [2.05, 4.69) is 20.7 Å². The zero-order chi connectivity index (χ0) is 13.9. The average molecular weight is 361 g/mol. The van der Waals surface area contributed by atoms with Gasteiger partial charge < -0.3 is 15.6 Å². The normalized spacial score (nSPS) is 13.3. The number of benzene rings is 1. The second-order valence-corrected chi connectivity index (χ2v) is 4.42. The SMILES string of the molecule is CCOC(=O)C(F)[C@@H](N)c1cc(Br)cc(F)c1O.Cl. The van der Waals surface area contributed by atoms with Gasteiger partial charge in [-0.2, -0.15) is 0 Å². The van der Waals surface area contributed by atoms with Crippen LogP contribution < -0.4 is 5.73 Å². The van der Waals surface area contributed by atoms with Crippen LogP contribution in [0.25, 0.3) is 0 Å². The molecule has 1 unspecified atom stereocenters. The van der Waals surface area contributed by atoms with Gasteiger partial charge in [0.05, 0.1) is 12.6 Å². The molecule has 19 heavy (non-hydrogen) atoms. The maximum atomic E-state index is 13.7. The van der Waals surface area contributed by atoms with E-state index >= 15 is 0 Å². The number of hydrogen-bond donors (Lipinski definition) is 2. The standard InChI is InChI=1S/C11H12BrF2NO3.ClH/c1-2-18-11(17)8(14)9(15)6-3-5(12)4-7(13)10(6)16;/h3-4,8-9,16H,2,15H2,1H3;1H/t8?,9-;/m0./s1. The van der Waals surface area contributed by atoms with Crippen LogP contribution in [0, 0.1) is 5.82 Å². The Kier molecular flexibility index (Phi) is 7.25. The van der Waals surface area contributed by atoms with E-state index in [9.17, 15) is 18.7 Å². The third-order valence-corrected chi connectivity index (χ3v) is 2.70. The van der Waals surface area contributed by atoms with Gasteiger partial charge in [0.15, 0.2) is 11.6 Å². The Morgan fingerprint density at radius 3 is 2.68 bits per heavy atom. The fourth-order valence-electron chi connectivity index (χ4n) is 1.37. The molecule has 0 spiro atoms. The second-order valence-electron chi connectivity index (χ2n) is 3.51. The van der Waals surface area contributed by atoms with Crippen molar-refractivity contribution in [3.63, 3.8) is 0 Å². The van der Waals surface area contributed by atoms with Crippen molar-refractivity contribution in [1.82, 2.24) is 0 Å². The van der Waals surface area contributed by atoms with Crippen molar-refractivity contribution in [3.8, 4) is 5.75 Å². The number of esters is 1. The fourth-order valence-corrected chi connectivity index (χ4v) is 1.81. The molecule has 4 nitrogen and oxygen atoms in total. The van der Waals surface area contributed by atoms with Crippen molar-refractivity contribution in [2.45, 2.75) is 19.1 Å². The first-order valence-corrected chi connectivity index (χ1v) is 5.92. The van der Waals surface area contributed by atoms with Gasteiger partial charge >= 0.3 is 5.97 Å². The first-order valence-electron chi connectivity index (χ1n) is 5.12. The first-order chi connectivity index (χ1) is 8.38. The third kappa shape index (κ3) is 4.29. The molecule has 3 N–H and O–H groups in total. The van der Waals surface area contributed by atoms with Gasteiger partial charge in [-0.3, -0.25) is 0 Å². The number of carbonyl (C=O) groups is 1. The summed E-state index contributed by atoms with van der Waals surface area (Å²) in [6, 6.07) is 0.744. The van der Waals surface area contributed by atoms with E-state index in [1.54, 1.807) is 0 Å². The summed E-state index contributed by atoms with van der Waals surface area (Å²) in [5.41, 5.74) is 5.28. The third-order valence-electron chi connectivity index (χ3n) is 2.24. The Balaban J connectivity index is 0.00000324. The Morgan fingerprint density at radius 1 is 1.58 bits per heavy atom. The predicted octanol–water partition coefficient (Wildman–Crippen LogP) is 2.62. The molecule has 0 aliphatic heterocycles. The van der Waals surface area contributed by atoms with Crippen LogP contribution in [-0.2, 0) is 9.53 Å². The Hall–Kier alpha value is -0.920. The quantitative estimate of drug-likeness (QED) is 0.810. The van der Waals surface area contributed by atoms with Gasteiger partial charge in [0.2, 0.25) is 6.17 Å². The zero-order valence-corrected chi connectivity index (χ0v) is 12.3. The number of aromatic hydroxyl groups is 1. The lowest BCUT2D eigenvalue weighted by molar-refractivity contribution is -0.149. The van der Waals surface area contributed by atoms with Gasteiger partial charge in [-0.1, -0.05) is 15.9 Å². The van der Waals surface area contributed by atoms with Gasteiger partial charge in [-0.05, 0) is 19.1 Å². The molecule has 0 radical (unpaired) electrons. The predicted molar refractivity (Wildman–Crippen MR) is 71.5 cm³/mol. The minimum absolute atomic E-state index is 0. The highest BCUT2D eigenvalue weighted by Gasteiger charge is 2.30. The van der Waals surface area contributed by atoms with Gasteiger partial charge in [0.1, 0.15) is 0 Å². The molecule has 0 fully saturated rings. The van der Waals surface area contributed by atoms with E-state index in [-0.39, 0.29) is 29.1 Å². The van der Waals surface area contributed by atoms with Gasteiger partial charge in [-0.25, -0.2) is 13.6 Å². The summed E-state index contributed by atoms with van der Waals surface area (Å²) in [4.78, 5) is 11.2. The van der Waals surface area contributed by atoms with Crippen LogP contribution in [0.4, 0.5) is 8.78 Å². The second kappa shape index (κ2) is 7.62. The number of phenolic OH excluding ortho intramolecular Hbond substituents is 1. The van der Waals surface area contributed by atoms with Crippen LogP contribution in [0.3, 0.4) is 0 Å². The number of alkyl halides is 1. The highest BCUT2D eigenvalue weighted by molar-refractivity contribution is 9.10. The molecule has 0 saturated carbocycles. The highest BCUT2D eigenvalue weighted by Crippen LogP contribution is 2.32. The van der Waals surface area contributed by atoms with Gasteiger partial charge in [0, 0.05) is 10.0 Å². The molecular weight excluding hydrogens is 347 g/mol. The number of hydrogen-bond acceptors (Lipinski definition) is 4. The highest BCUT2D eigenvalue weighted by atomic mass is 79.9. The molecule has 1 aromatic carbocycles. The molecule has 108 valence electrons. The summed E-state index contributed by atoms with van der Waals surface area (Å²) in [7, 11) is 0. The van der Waals surface area contributed by atoms with Crippen LogP contribution in [0.15, 0.2) is 16.6 Å². The van der Waals surface area contributed by atoms with E-state index in [1.807, 2.05) is 0 Å².